The third-order valence-corrected chi connectivity index (χ3v) is 4.48. The van der Waals surface area contributed by atoms with Crippen molar-refractivity contribution in [2.45, 2.75) is 26.8 Å². The number of hydrogen-bond acceptors (Lipinski definition) is 6. The molecule has 1 amide bonds. The molecule has 1 aromatic carbocycles. The van der Waals surface area contributed by atoms with Gasteiger partial charge in [-0.3, -0.25) is 4.79 Å². The highest BCUT2D eigenvalue weighted by molar-refractivity contribution is 6.00. The minimum absolute atomic E-state index is 0.171. The Morgan fingerprint density at radius 3 is 2.45 bits per heavy atom. The van der Waals surface area contributed by atoms with E-state index in [0.29, 0.717) is 18.7 Å². The first-order valence-corrected chi connectivity index (χ1v) is 9.64. The summed E-state index contributed by atoms with van der Waals surface area (Å²) < 4.78 is 52.2. The molecule has 0 aliphatic heterocycles. The average molecular weight is 465 g/mol. The maximum Gasteiger partial charge on any atom is 0.573 e. The molecule has 0 radical (unpaired) electrons. The van der Waals surface area contributed by atoms with Crippen LogP contribution in [0.1, 0.15) is 17.0 Å². The van der Waals surface area contributed by atoms with Gasteiger partial charge in [0.2, 0.25) is 0 Å². The SMILES string of the molecule is COCCn1c(C)cc(/C=C(\C#N)C(=O)OCC(=O)Nc2ccc(OC(F)(F)F)cc2)c1C. The number of ether oxygens (including phenoxy) is 3. The van der Waals surface area contributed by atoms with Gasteiger partial charge < -0.3 is 24.1 Å². The van der Waals surface area contributed by atoms with Gasteiger partial charge in [0.15, 0.2) is 6.61 Å². The van der Waals surface area contributed by atoms with E-state index in [1.54, 1.807) is 13.2 Å². The van der Waals surface area contributed by atoms with Crippen molar-refractivity contribution in [1.82, 2.24) is 4.57 Å². The average Bonchev–Trinajstić information content (AvgIpc) is 3.01. The Labute approximate surface area is 188 Å². The lowest BCUT2D eigenvalue weighted by Gasteiger charge is -2.10. The molecule has 2 aromatic rings. The summed E-state index contributed by atoms with van der Waals surface area (Å²) in [6.45, 7) is 4.15. The summed E-state index contributed by atoms with van der Waals surface area (Å²) in [6.07, 6.45) is -3.44. The van der Waals surface area contributed by atoms with Gasteiger partial charge in [0, 0.05) is 30.7 Å². The van der Waals surface area contributed by atoms with Crippen LogP contribution in [0.3, 0.4) is 0 Å². The largest absolute Gasteiger partial charge is 0.573 e. The second kappa shape index (κ2) is 11.2. The summed E-state index contributed by atoms with van der Waals surface area (Å²) in [5, 5.41) is 11.7. The molecule has 0 saturated heterocycles. The van der Waals surface area contributed by atoms with Crippen LogP contribution in [0.25, 0.3) is 6.08 Å². The number of nitrogens with zero attached hydrogens (tertiary/aromatic N) is 2. The topological polar surface area (TPSA) is 103 Å². The number of rotatable bonds is 9. The summed E-state index contributed by atoms with van der Waals surface area (Å²) >= 11 is 0. The number of nitriles is 1. The third-order valence-electron chi connectivity index (χ3n) is 4.48. The van der Waals surface area contributed by atoms with Crippen LogP contribution >= 0.6 is 0 Å². The number of aryl methyl sites for hydroxylation is 1. The number of aromatic nitrogens is 1. The van der Waals surface area contributed by atoms with E-state index in [4.69, 9.17) is 9.47 Å². The Balaban J connectivity index is 1.97. The Bertz CT molecular complexity index is 1070. The van der Waals surface area contributed by atoms with Gasteiger partial charge in [-0.15, -0.1) is 13.2 Å². The van der Waals surface area contributed by atoms with E-state index in [-0.39, 0.29) is 11.3 Å². The van der Waals surface area contributed by atoms with E-state index < -0.39 is 30.6 Å². The van der Waals surface area contributed by atoms with Gasteiger partial charge in [0.05, 0.1) is 6.61 Å². The standard InChI is InChI=1S/C22H22F3N3O5/c1-14-10-16(15(2)28(14)8-9-31-3)11-17(12-26)21(30)32-13-20(29)27-18-4-6-19(7-5-18)33-22(23,24)25/h4-7,10-11H,8-9,13H2,1-3H3,(H,27,29)/b17-11+. The summed E-state index contributed by atoms with van der Waals surface area (Å²) in [5.74, 6) is -2.16. The Hall–Kier alpha value is -3.78. The van der Waals surface area contributed by atoms with Crippen molar-refractivity contribution in [3.05, 3.63) is 52.9 Å². The first kappa shape index (κ1) is 25.5. The Kier molecular flexibility index (Phi) is 8.64. The van der Waals surface area contributed by atoms with E-state index >= 15 is 0 Å². The number of benzene rings is 1. The number of anilines is 1. The van der Waals surface area contributed by atoms with Gasteiger partial charge in [0.1, 0.15) is 17.4 Å². The Morgan fingerprint density at radius 1 is 1.21 bits per heavy atom. The minimum Gasteiger partial charge on any atom is -0.451 e. The third kappa shape index (κ3) is 7.69. The van der Waals surface area contributed by atoms with Crippen molar-refractivity contribution in [2.75, 3.05) is 25.6 Å². The second-order valence-corrected chi connectivity index (χ2v) is 6.84. The second-order valence-electron chi connectivity index (χ2n) is 6.84. The lowest BCUT2D eigenvalue weighted by Crippen LogP contribution is -2.21. The summed E-state index contributed by atoms with van der Waals surface area (Å²) in [4.78, 5) is 24.2. The number of carbonyl (C=O) groups excluding carboxylic acids is 2. The van der Waals surface area contributed by atoms with Gasteiger partial charge in [-0.2, -0.15) is 5.26 Å². The van der Waals surface area contributed by atoms with Crippen molar-refractivity contribution in [1.29, 1.82) is 5.26 Å². The maximum absolute atomic E-state index is 12.2. The monoisotopic (exact) mass is 465 g/mol. The molecule has 0 aliphatic rings. The first-order chi connectivity index (χ1) is 15.5. The van der Waals surface area contributed by atoms with Crippen LogP contribution in [0.15, 0.2) is 35.9 Å². The number of carbonyl (C=O) groups is 2. The van der Waals surface area contributed by atoms with Crippen LogP contribution in [-0.4, -0.2) is 43.1 Å². The minimum atomic E-state index is -4.82. The van der Waals surface area contributed by atoms with Crippen LogP contribution in [0, 0.1) is 25.2 Å². The lowest BCUT2D eigenvalue weighted by atomic mass is 10.1. The first-order valence-electron chi connectivity index (χ1n) is 9.64. The summed E-state index contributed by atoms with van der Waals surface area (Å²) in [5.41, 5.74) is 2.30. The fourth-order valence-corrected chi connectivity index (χ4v) is 2.94. The fourth-order valence-electron chi connectivity index (χ4n) is 2.94. The zero-order chi connectivity index (χ0) is 24.6. The van der Waals surface area contributed by atoms with E-state index in [1.807, 2.05) is 24.5 Å². The van der Waals surface area contributed by atoms with Crippen molar-refractivity contribution in [3.63, 3.8) is 0 Å². The van der Waals surface area contributed by atoms with Gasteiger partial charge in [0.25, 0.3) is 5.91 Å². The highest BCUT2D eigenvalue weighted by atomic mass is 19.4. The van der Waals surface area contributed by atoms with Crippen molar-refractivity contribution in [2.24, 2.45) is 0 Å². The molecule has 0 atom stereocenters. The number of halogens is 3. The summed E-state index contributed by atoms with van der Waals surface area (Å²) in [6, 6.07) is 8.01. The van der Waals surface area contributed by atoms with Crippen LogP contribution in [0.2, 0.25) is 0 Å². The van der Waals surface area contributed by atoms with Crippen LogP contribution in [-0.2, 0) is 25.6 Å². The van der Waals surface area contributed by atoms with E-state index in [2.05, 4.69) is 10.1 Å². The predicted molar refractivity (Wildman–Crippen MR) is 112 cm³/mol. The van der Waals surface area contributed by atoms with E-state index in [0.717, 1.165) is 23.5 Å². The molecule has 33 heavy (non-hydrogen) atoms. The van der Waals surface area contributed by atoms with E-state index in [1.165, 1.54) is 18.2 Å². The Morgan fingerprint density at radius 2 is 1.88 bits per heavy atom. The number of nitrogens with one attached hydrogen (secondary N) is 1. The molecule has 8 nitrogen and oxygen atoms in total. The van der Waals surface area contributed by atoms with Gasteiger partial charge in [-0.05, 0) is 55.8 Å². The normalized spacial score (nSPS) is 11.6. The number of amides is 1. The molecule has 0 bridgehead atoms. The molecule has 1 N–H and O–H groups in total. The molecule has 0 fully saturated rings. The zero-order valence-electron chi connectivity index (χ0n) is 18.2. The van der Waals surface area contributed by atoms with Crippen LogP contribution in [0.4, 0.5) is 18.9 Å². The van der Waals surface area contributed by atoms with Gasteiger partial charge >= 0.3 is 12.3 Å². The fraction of sp³-hybridized carbons (Fsp3) is 0.318. The van der Waals surface area contributed by atoms with Crippen molar-refractivity contribution < 1.29 is 37.0 Å². The number of methoxy groups -OCH3 is 1. The number of esters is 1. The lowest BCUT2D eigenvalue weighted by molar-refractivity contribution is -0.274. The smallest absolute Gasteiger partial charge is 0.451 e. The van der Waals surface area contributed by atoms with Gasteiger partial charge in [-0.1, -0.05) is 0 Å². The molecule has 176 valence electrons. The van der Waals surface area contributed by atoms with Gasteiger partial charge in [-0.25, -0.2) is 4.79 Å². The highest BCUT2D eigenvalue weighted by Crippen LogP contribution is 2.24. The maximum atomic E-state index is 12.2. The zero-order valence-corrected chi connectivity index (χ0v) is 18.2. The predicted octanol–water partition coefficient (Wildman–Crippen LogP) is 3.74. The molecule has 0 aliphatic carbocycles. The van der Waals surface area contributed by atoms with E-state index in [9.17, 15) is 28.0 Å². The molecule has 1 heterocycles. The molecule has 0 spiro atoms. The molecule has 0 saturated carbocycles. The number of hydrogen-bond donors (Lipinski definition) is 1. The highest BCUT2D eigenvalue weighted by Gasteiger charge is 2.31. The quantitative estimate of drug-likeness (QED) is 0.344. The molecular weight excluding hydrogens is 443 g/mol. The summed E-state index contributed by atoms with van der Waals surface area (Å²) in [7, 11) is 1.59. The molecule has 2 rings (SSSR count). The van der Waals surface area contributed by atoms with Crippen LogP contribution in [0.5, 0.6) is 5.75 Å². The van der Waals surface area contributed by atoms with Crippen molar-refractivity contribution >= 4 is 23.6 Å². The molecular formula is C22H22F3N3O5. The molecule has 1 aromatic heterocycles. The van der Waals surface area contributed by atoms with Crippen LogP contribution < -0.4 is 10.1 Å². The number of alkyl halides is 3. The molecule has 0 unspecified atom stereocenters. The molecule has 11 heteroatoms. The van der Waals surface area contributed by atoms with Crippen molar-refractivity contribution in [3.8, 4) is 11.8 Å².